The Bertz CT molecular complexity index is 336. The summed E-state index contributed by atoms with van der Waals surface area (Å²) in [5, 5.41) is 0. The Labute approximate surface area is 92.9 Å². The molecule has 3 heteroatoms. The average molecular weight is 256 g/mol. The van der Waals surface area contributed by atoms with E-state index in [-0.39, 0.29) is 10.6 Å². The maximum absolute atomic E-state index is 11.9. The summed E-state index contributed by atoms with van der Waals surface area (Å²) in [6, 6.07) is 1.85. The molecule has 0 saturated heterocycles. The first kappa shape index (κ1) is 11.4. The highest BCUT2D eigenvalue weighted by Crippen LogP contribution is 2.19. The molecule has 0 aliphatic heterocycles. The molecule has 0 radical (unpaired) electrons. The van der Waals surface area contributed by atoms with Gasteiger partial charge in [-0.05, 0) is 24.5 Å². The highest BCUT2D eigenvalue weighted by Gasteiger charge is 2.21. The summed E-state index contributed by atoms with van der Waals surface area (Å²) in [6.45, 7) is 5.96. The standard InChI is InChI=1S/C11H14BrNO/c1-7(2)10(12)11(14)9-6-13-5-4-8(9)3/h4-7,10H,1-3H3. The zero-order chi connectivity index (χ0) is 10.7. The predicted molar refractivity (Wildman–Crippen MR) is 60.9 cm³/mol. The number of halogens is 1. The molecule has 0 spiro atoms. The van der Waals surface area contributed by atoms with Gasteiger partial charge in [-0.15, -0.1) is 0 Å². The molecule has 14 heavy (non-hydrogen) atoms. The highest BCUT2D eigenvalue weighted by atomic mass is 79.9. The van der Waals surface area contributed by atoms with Crippen LogP contribution in [0.4, 0.5) is 0 Å². The lowest BCUT2D eigenvalue weighted by molar-refractivity contribution is 0.0977. The molecular formula is C11H14BrNO. The number of ketones is 1. The van der Waals surface area contributed by atoms with Crippen LogP contribution in [0, 0.1) is 12.8 Å². The van der Waals surface area contributed by atoms with Gasteiger partial charge in [-0.25, -0.2) is 0 Å². The maximum atomic E-state index is 11.9. The first-order chi connectivity index (χ1) is 6.54. The molecule has 0 aliphatic carbocycles. The van der Waals surface area contributed by atoms with Crippen molar-refractivity contribution in [2.45, 2.75) is 25.6 Å². The number of hydrogen-bond donors (Lipinski definition) is 0. The lowest BCUT2D eigenvalue weighted by Crippen LogP contribution is -2.21. The van der Waals surface area contributed by atoms with Crippen LogP contribution in [0.1, 0.15) is 29.8 Å². The number of pyridine rings is 1. The van der Waals surface area contributed by atoms with E-state index in [2.05, 4.69) is 20.9 Å². The van der Waals surface area contributed by atoms with Crippen LogP contribution in [-0.4, -0.2) is 15.6 Å². The number of Topliss-reactive ketones (excluding diaryl/α,β-unsaturated/α-hetero) is 1. The zero-order valence-electron chi connectivity index (χ0n) is 8.62. The van der Waals surface area contributed by atoms with Gasteiger partial charge in [0, 0.05) is 18.0 Å². The fourth-order valence-corrected chi connectivity index (χ4v) is 1.42. The number of aromatic nitrogens is 1. The van der Waals surface area contributed by atoms with Crippen LogP contribution in [0.5, 0.6) is 0 Å². The van der Waals surface area contributed by atoms with Gasteiger partial charge in [0.05, 0.1) is 4.83 Å². The molecule has 76 valence electrons. The SMILES string of the molecule is Cc1ccncc1C(=O)C(Br)C(C)C. The Morgan fingerprint density at radius 3 is 2.64 bits per heavy atom. The Morgan fingerprint density at radius 1 is 1.50 bits per heavy atom. The van der Waals surface area contributed by atoms with Gasteiger partial charge < -0.3 is 0 Å². The van der Waals surface area contributed by atoms with Crippen LogP contribution >= 0.6 is 15.9 Å². The third kappa shape index (κ3) is 2.41. The van der Waals surface area contributed by atoms with Gasteiger partial charge >= 0.3 is 0 Å². The van der Waals surface area contributed by atoms with E-state index in [1.807, 2.05) is 26.8 Å². The monoisotopic (exact) mass is 255 g/mol. The Hall–Kier alpha value is -0.700. The van der Waals surface area contributed by atoms with Crippen molar-refractivity contribution in [1.82, 2.24) is 4.98 Å². The molecule has 1 aromatic heterocycles. The Morgan fingerprint density at radius 2 is 2.14 bits per heavy atom. The number of nitrogens with zero attached hydrogens (tertiary/aromatic N) is 1. The van der Waals surface area contributed by atoms with E-state index >= 15 is 0 Å². The largest absolute Gasteiger partial charge is 0.293 e. The first-order valence-electron chi connectivity index (χ1n) is 4.63. The summed E-state index contributed by atoms with van der Waals surface area (Å²) in [6.07, 6.45) is 3.33. The molecule has 0 N–H and O–H groups in total. The molecule has 1 atom stereocenters. The van der Waals surface area contributed by atoms with Crippen molar-refractivity contribution in [2.75, 3.05) is 0 Å². The summed E-state index contributed by atoms with van der Waals surface area (Å²) < 4.78 is 0. The van der Waals surface area contributed by atoms with Crippen molar-refractivity contribution in [3.05, 3.63) is 29.6 Å². The number of carbonyl (C=O) groups excluding carboxylic acids is 1. The van der Waals surface area contributed by atoms with Gasteiger partial charge in [0.25, 0.3) is 0 Å². The van der Waals surface area contributed by atoms with Crippen molar-refractivity contribution in [2.24, 2.45) is 5.92 Å². The molecule has 0 fully saturated rings. The van der Waals surface area contributed by atoms with Crippen molar-refractivity contribution in [3.8, 4) is 0 Å². The summed E-state index contributed by atoms with van der Waals surface area (Å²) in [5.74, 6) is 0.410. The molecule has 1 aromatic rings. The second kappa shape index (κ2) is 4.69. The van der Waals surface area contributed by atoms with Gasteiger partial charge in [0.15, 0.2) is 5.78 Å². The highest BCUT2D eigenvalue weighted by molar-refractivity contribution is 9.10. The van der Waals surface area contributed by atoms with Gasteiger partial charge in [0.2, 0.25) is 0 Å². The van der Waals surface area contributed by atoms with E-state index in [0.29, 0.717) is 11.5 Å². The van der Waals surface area contributed by atoms with E-state index in [9.17, 15) is 4.79 Å². The van der Waals surface area contributed by atoms with Gasteiger partial charge in [-0.1, -0.05) is 29.8 Å². The maximum Gasteiger partial charge on any atom is 0.178 e. The summed E-state index contributed by atoms with van der Waals surface area (Å²) in [5.41, 5.74) is 1.69. The average Bonchev–Trinajstić information content (AvgIpc) is 2.16. The quantitative estimate of drug-likeness (QED) is 0.614. The van der Waals surface area contributed by atoms with Crippen molar-refractivity contribution in [1.29, 1.82) is 0 Å². The topological polar surface area (TPSA) is 30.0 Å². The molecule has 2 nitrogen and oxygen atoms in total. The minimum absolute atomic E-state index is 0.116. The Kier molecular flexibility index (Phi) is 3.81. The van der Waals surface area contributed by atoms with E-state index in [1.54, 1.807) is 12.4 Å². The molecule has 0 aromatic carbocycles. The number of alkyl halides is 1. The number of hydrogen-bond acceptors (Lipinski definition) is 2. The molecule has 1 rings (SSSR count). The van der Waals surface area contributed by atoms with Gasteiger partial charge in [-0.2, -0.15) is 0 Å². The number of aryl methyl sites for hydroxylation is 1. The smallest absolute Gasteiger partial charge is 0.178 e. The fourth-order valence-electron chi connectivity index (χ4n) is 1.17. The fraction of sp³-hybridized carbons (Fsp3) is 0.455. The molecule has 1 unspecified atom stereocenters. The van der Waals surface area contributed by atoms with Crippen molar-refractivity contribution < 1.29 is 4.79 Å². The van der Waals surface area contributed by atoms with E-state index in [4.69, 9.17) is 0 Å². The molecular weight excluding hydrogens is 242 g/mol. The summed E-state index contributed by atoms with van der Waals surface area (Å²) >= 11 is 3.40. The van der Waals surface area contributed by atoms with Crippen LogP contribution in [0.2, 0.25) is 0 Å². The lowest BCUT2D eigenvalue weighted by atomic mass is 9.99. The minimum atomic E-state index is -0.120. The second-order valence-electron chi connectivity index (χ2n) is 3.70. The predicted octanol–water partition coefficient (Wildman–Crippen LogP) is 2.99. The minimum Gasteiger partial charge on any atom is -0.293 e. The Balaban J connectivity index is 2.95. The van der Waals surface area contributed by atoms with Gasteiger partial charge in [-0.3, -0.25) is 9.78 Å². The normalized spacial score (nSPS) is 12.9. The van der Waals surface area contributed by atoms with E-state index in [1.165, 1.54) is 0 Å². The van der Waals surface area contributed by atoms with E-state index in [0.717, 1.165) is 5.56 Å². The third-order valence-corrected chi connectivity index (χ3v) is 3.61. The lowest BCUT2D eigenvalue weighted by Gasteiger charge is -2.13. The molecule has 0 aliphatic rings. The van der Waals surface area contributed by atoms with Crippen LogP contribution in [0.3, 0.4) is 0 Å². The van der Waals surface area contributed by atoms with Crippen LogP contribution in [-0.2, 0) is 0 Å². The molecule has 0 bridgehead atoms. The summed E-state index contributed by atoms with van der Waals surface area (Å²) in [7, 11) is 0. The summed E-state index contributed by atoms with van der Waals surface area (Å²) in [4.78, 5) is 15.8. The van der Waals surface area contributed by atoms with Crippen molar-refractivity contribution in [3.63, 3.8) is 0 Å². The van der Waals surface area contributed by atoms with Crippen LogP contribution < -0.4 is 0 Å². The third-order valence-electron chi connectivity index (χ3n) is 2.14. The number of carbonyl (C=O) groups is 1. The van der Waals surface area contributed by atoms with Crippen LogP contribution in [0.25, 0.3) is 0 Å². The van der Waals surface area contributed by atoms with Crippen molar-refractivity contribution >= 4 is 21.7 Å². The zero-order valence-corrected chi connectivity index (χ0v) is 10.2. The second-order valence-corrected chi connectivity index (χ2v) is 4.69. The van der Waals surface area contributed by atoms with Crippen LogP contribution in [0.15, 0.2) is 18.5 Å². The first-order valence-corrected chi connectivity index (χ1v) is 5.54. The van der Waals surface area contributed by atoms with E-state index < -0.39 is 0 Å². The molecule has 1 heterocycles. The molecule has 0 amide bonds. The molecule has 0 saturated carbocycles. The van der Waals surface area contributed by atoms with Gasteiger partial charge in [0.1, 0.15) is 0 Å². The number of rotatable bonds is 3.